The van der Waals surface area contributed by atoms with Crippen molar-refractivity contribution in [1.29, 1.82) is 0 Å². The molecule has 3 aliphatic rings. The molecule has 0 aliphatic carbocycles. The van der Waals surface area contributed by atoms with Crippen LogP contribution < -0.4 is 10.6 Å². The number of carbonyl (C=O) groups is 1. The van der Waals surface area contributed by atoms with Crippen molar-refractivity contribution >= 4 is 11.6 Å². The molecule has 24 heavy (non-hydrogen) atoms. The van der Waals surface area contributed by atoms with Gasteiger partial charge in [-0.1, -0.05) is 12.1 Å². The van der Waals surface area contributed by atoms with Crippen molar-refractivity contribution in [3.63, 3.8) is 0 Å². The number of nitrogens with zero attached hydrogens (tertiary/aromatic N) is 2. The highest BCUT2D eigenvalue weighted by atomic mass is 16.4. The number of benzene rings is 1. The van der Waals surface area contributed by atoms with E-state index < -0.39 is 0 Å². The van der Waals surface area contributed by atoms with E-state index in [0.29, 0.717) is 11.7 Å². The van der Waals surface area contributed by atoms with Gasteiger partial charge >= 0.3 is 5.91 Å². The van der Waals surface area contributed by atoms with E-state index in [-0.39, 0.29) is 17.8 Å². The predicted molar refractivity (Wildman–Crippen MR) is 91.9 cm³/mol. The van der Waals surface area contributed by atoms with E-state index in [1.54, 1.807) is 6.20 Å². The Morgan fingerprint density at radius 3 is 2.88 bits per heavy atom. The third-order valence-corrected chi connectivity index (χ3v) is 5.11. The molecule has 126 valence electrons. The molecule has 6 heteroatoms. The van der Waals surface area contributed by atoms with E-state index in [9.17, 15) is 4.79 Å². The average molecular weight is 326 g/mol. The summed E-state index contributed by atoms with van der Waals surface area (Å²) >= 11 is 0. The molecule has 2 aromatic rings. The molecule has 0 saturated carbocycles. The summed E-state index contributed by atoms with van der Waals surface area (Å²) in [4.78, 5) is 19.0. The van der Waals surface area contributed by atoms with Crippen LogP contribution in [0.15, 0.2) is 34.9 Å². The fourth-order valence-electron chi connectivity index (χ4n) is 3.70. The molecule has 3 saturated heterocycles. The Labute approximate surface area is 141 Å². The molecule has 5 rings (SSSR count). The molecule has 1 aromatic carbocycles. The second-order valence-corrected chi connectivity index (χ2v) is 6.58. The van der Waals surface area contributed by atoms with Crippen molar-refractivity contribution < 1.29 is 9.21 Å². The molecule has 0 radical (unpaired) electrons. The number of oxazole rings is 1. The fourth-order valence-corrected chi connectivity index (χ4v) is 3.70. The van der Waals surface area contributed by atoms with Crippen molar-refractivity contribution in [3.05, 3.63) is 36.4 Å². The third kappa shape index (κ3) is 2.89. The summed E-state index contributed by atoms with van der Waals surface area (Å²) in [7, 11) is 1.87. The summed E-state index contributed by atoms with van der Waals surface area (Å²) in [6.45, 7) is 3.25. The van der Waals surface area contributed by atoms with Gasteiger partial charge in [-0.25, -0.2) is 4.98 Å². The minimum Gasteiger partial charge on any atom is -0.432 e. The van der Waals surface area contributed by atoms with Gasteiger partial charge in [0.15, 0.2) is 5.76 Å². The second-order valence-electron chi connectivity index (χ2n) is 6.58. The normalized spacial score (nSPS) is 25.5. The quantitative estimate of drug-likeness (QED) is 0.901. The number of amides is 1. The number of nitrogens with one attached hydrogen (secondary N) is 2. The number of anilines is 1. The third-order valence-electron chi connectivity index (χ3n) is 5.11. The molecule has 0 spiro atoms. The van der Waals surface area contributed by atoms with Crippen LogP contribution in [-0.2, 0) is 0 Å². The minimum atomic E-state index is -0.218. The first kappa shape index (κ1) is 15.2. The first-order valence-corrected chi connectivity index (χ1v) is 8.50. The summed E-state index contributed by atoms with van der Waals surface area (Å²) in [5.74, 6) is 1.10. The van der Waals surface area contributed by atoms with E-state index in [0.717, 1.165) is 30.9 Å². The van der Waals surface area contributed by atoms with Gasteiger partial charge in [0.25, 0.3) is 5.89 Å². The van der Waals surface area contributed by atoms with Crippen molar-refractivity contribution in [3.8, 4) is 11.3 Å². The van der Waals surface area contributed by atoms with Crippen molar-refractivity contribution in [2.75, 3.05) is 32.0 Å². The maximum absolute atomic E-state index is 12.5. The number of piperidine rings is 3. The Hall–Kier alpha value is -2.34. The van der Waals surface area contributed by atoms with Gasteiger partial charge in [0.2, 0.25) is 0 Å². The molecule has 3 fully saturated rings. The highest BCUT2D eigenvalue weighted by molar-refractivity contribution is 5.90. The Balaban J connectivity index is 1.47. The van der Waals surface area contributed by atoms with E-state index >= 15 is 0 Å². The highest BCUT2D eigenvalue weighted by Crippen LogP contribution is 2.28. The molecule has 2 bridgehead atoms. The number of fused-ring (bicyclic) bond motifs is 3. The van der Waals surface area contributed by atoms with Gasteiger partial charge < -0.3 is 20.0 Å². The number of carbonyl (C=O) groups excluding carboxylic acids is 1. The van der Waals surface area contributed by atoms with Crippen LogP contribution in [0, 0.1) is 5.92 Å². The van der Waals surface area contributed by atoms with Crippen molar-refractivity contribution in [1.82, 2.24) is 15.2 Å². The lowest BCUT2D eigenvalue weighted by Crippen LogP contribution is -2.57. The van der Waals surface area contributed by atoms with Crippen LogP contribution in [0.1, 0.15) is 23.5 Å². The van der Waals surface area contributed by atoms with E-state index in [2.05, 4.69) is 20.5 Å². The van der Waals surface area contributed by atoms with Crippen LogP contribution in [0.4, 0.5) is 5.69 Å². The Morgan fingerprint density at radius 2 is 2.17 bits per heavy atom. The maximum Gasteiger partial charge on any atom is 0.307 e. The average Bonchev–Trinajstić information content (AvgIpc) is 3.13. The molecule has 6 nitrogen and oxygen atoms in total. The largest absolute Gasteiger partial charge is 0.432 e. The summed E-state index contributed by atoms with van der Waals surface area (Å²) in [6.07, 6.45) is 3.94. The van der Waals surface area contributed by atoms with Crippen LogP contribution in [0.3, 0.4) is 0 Å². The maximum atomic E-state index is 12.5. The van der Waals surface area contributed by atoms with E-state index in [1.807, 2.05) is 31.3 Å². The van der Waals surface area contributed by atoms with Crippen LogP contribution in [0.5, 0.6) is 0 Å². The monoisotopic (exact) mass is 326 g/mol. The van der Waals surface area contributed by atoms with Gasteiger partial charge in [0, 0.05) is 30.9 Å². The smallest absolute Gasteiger partial charge is 0.307 e. The molecule has 1 atom stereocenters. The van der Waals surface area contributed by atoms with Crippen LogP contribution >= 0.6 is 0 Å². The Kier molecular flexibility index (Phi) is 3.98. The number of hydrogen-bond donors (Lipinski definition) is 2. The van der Waals surface area contributed by atoms with Gasteiger partial charge in [0.05, 0.1) is 6.20 Å². The van der Waals surface area contributed by atoms with Crippen LogP contribution in [0.2, 0.25) is 0 Å². The standard InChI is InChI=1S/C18H22N4O2/c1-19-14-4-2-3-13(9-14)16-10-20-18(24-16)17(23)21-15-11-22-7-5-12(15)6-8-22/h2-4,9-10,12,15,19H,5-8,11H2,1H3,(H,21,23). The Morgan fingerprint density at radius 1 is 1.33 bits per heavy atom. The summed E-state index contributed by atoms with van der Waals surface area (Å²) in [6, 6.07) is 8.03. The van der Waals surface area contributed by atoms with Gasteiger partial charge in [0.1, 0.15) is 0 Å². The topological polar surface area (TPSA) is 70.4 Å². The Bertz CT molecular complexity index is 734. The van der Waals surface area contributed by atoms with Gasteiger partial charge in [-0.3, -0.25) is 4.79 Å². The van der Waals surface area contributed by atoms with Gasteiger partial charge in [-0.2, -0.15) is 0 Å². The fraction of sp³-hybridized carbons (Fsp3) is 0.444. The molecule has 1 amide bonds. The SMILES string of the molecule is CNc1cccc(-c2cnc(C(=O)NC3CN4CCC3CC4)o2)c1. The number of aromatic nitrogens is 1. The first-order chi connectivity index (χ1) is 11.7. The lowest BCUT2D eigenvalue weighted by molar-refractivity contribution is 0.0602. The van der Waals surface area contributed by atoms with E-state index in [1.165, 1.54) is 12.8 Å². The highest BCUT2D eigenvalue weighted by Gasteiger charge is 2.35. The first-order valence-electron chi connectivity index (χ1n) is 8.50. The molecular formula is C18H22N4O2. The second kappa shape index (κ2) is 6.28. The lowest BCUT2D eigenvalue weighted by Gasteiger charge is -2.44. The summed E-state index contributed by atoms with van der Waals surface area (Å²) in [5, 5.41) is 6.19. The molecule has 1 unspecified atom stereocenters. The molecule has 2 N–H and O–H groups in total. The molecule has 1 aromatic heterocycles. The van der Waals surface area contributed by atoms with Crippen molar-refractivity contribution in [2.45, 2.75) is 18.9 Å². The van der Waals surface area contributed by atoms with Gasteiger partial charge in [-0.05, 0) is 44.0 Å². The summed E-state index contributed by atoms with van der Waals surface area (Å²) < 4.78 is 5.69. The predicted octanol–water partition coefficient (Wildman–Crippen LogP) is 2.21. The summed E-state index contributed by atoms with van der Waals surface area (Å²) in [5.41, 5.74) is 1.89. The zero-order valence-corrected chi connectivity index (χ0v) is 13.8. The van der Waals surface area contributed by atoms with Crippen LogP contribution in [0.25, 0.3) is 11.3 Å². The van der Waals surface area contributed by atoms with Crippen molar-refractivity contribution in [2.24, 2.45) is 5.92 Å². The number of rotatable bonds is 4. The minimum absolute atomic E-state index is 0.135. The molecular weight excluding hydrogens is 304 g/mol. The molecule has 4 heterocycles. The zero-order chi connectivity index (χ0) is 16.5. The molecule has 3 aliphatic heterocycles. The zero-order valence-electron chi connectivity index (χ0n) is 13.8. The number of hydrogen-bond acceptors (Lipinski definition) is 5. The van der Waals surface area contributed by atoms with Crippen LogP contribution in [-0.4, -0.2) is 48.5 Å². The van der Waals surface area contributed by atoms with Gasteiger partial charge in [-0.15, -0.1) is 0 Å². The lowest BCUT2D eigenvalue weighted by atomic mass is 9.84. The van der Waals surface area contributed by atoms with E-state index in [4.69, 9.17) is 4.42 Å².